The van der Waals surface area contributed by atoms with Gasteiger partial charge in [0, 0.05) is 36.7 Å². The summed E-state index contributed by atoms with van der Waals surface area (Å²) in [6.45, 7) is 2.10. The molecule has 1 aliphatic rings. The van der Waals surface area contributed by atoms with Crippen LogP contribution >= 0.6 is 57.9 Å². The van der Waals surface area contributed by atoms with E-state index in [4.69, 9.17) is 49.3 Å². The molecule has 4 aromatic carbocycles. The number of halogens is 3. The maximum absolute atomic E-state index is 14.3. The van der Waals surface area contributed by atoms with Crippen molar-refractivity contribution in [3.05, 3.63) is 154 Å². The zero-order valence-electron chi connectivity index (χ0n) is 25.2. The highest BCUT2D eigenvalue weighted by Crippen LogP contribution is 2.36. The standard InChI is InChI=1S/C36H27Cl3N2O4S2/c1-3-44-35(43)31-32(21-7-5-4-6-8-21)40-36-41(33(31)22-10-14-27(46-2)15-11-22)34(42)30(47-36)18-24-17-25(37)13-16-29(24)45-20-23-9-12-26(38)19-28(23)39/h4-19,33H,3,20H2,1-2H3/b30-18-/t33-/m0/s1. The second-order valence-corrected chi connectivity index (χ2v) is 13.6. The summed E-state index contributed by atoms with van der Waals surface area (Å²) in [6.07, 6.45) is 3.73. The van der Waals surface area contributed by atoms with Crippen LogP contribution in [0.3, 0.4) is 0 Å². The number of carbonyl (C=O) groups is 1. The van der Waals surface area contributed by atoms with Gasteiger partial charge in [0.15, 0.2) is 4.80 Å². The van der Waals surface area contributed by atoms with E-state index in [0.29, 0.717) is 47.0 Å². The molecule has 6 rings (SSSR count). The Bertz CT molecular complexity index is 2180. The van der Waals surface area contributed by atoms with Gasteiger partial charge in [-0.05, 0) is 67.3 Å². The monoisotopic (exact) mass is 720 g/mol. The fourth-order valence-corrected chi connectivity index (χ4v) is 7.28. The van der Waals surface area contributed by atoms with Crippen LogP contribution in [0, 0.1) is 0 Å². The Kier molecular flexibility index (Phi) is 10.2. The molecule has 6 nitrogen and oxygen atoms in total. The average molecular weight is 722 g/mol. The number of hydrogen-bond acceptors (Lipinski definition) is 7. The molecule has 0 aliphatic carbocycles. The summed E-state index contributed by atoms with van der Waals surface area (Å²) in [6, 6.07) is 26.9. The number of esters is 1. The normalized spacial score (nSPS) is 14.5. The number of hydrogen-bond donors (Lipinski definition) is 0. The van der Waals surface area contributed by atoms with Gasteiger partial charge < -0.3 is 9.47 Å². The molecule has 1 aliphatic heterocycles. The highest BCUT2D eigenvalue weighted by atomic mass is 35.5. The van der Waals surface area contributed by atoms with E-state index in [0.717, 1.165) is 21.6 Å². The second-order valence-electron chi connectivity index (χ2n) is 10.4. The number of carbonyl (C=O) groups excluding carboxylic acids is 1. The molecule has 238 valence electrons. The lowest BCUT2D eigenvalue weighted by Crippen LogP contribution is -2.40. The number of nitrogens with zero attached hydrogens (tertiary/aromatic N) is 2. The van der Waals surface area contributed by atoms with Crippen LogP contribution in [0.2, 0.25) is 15.1 Å². The SMILES string of the molecule is CCOC(=O)C1=C(c2ccccc2)N=c2s/c(=C\c3cc(Cl)ccc3OCc3ccc(Cl)cc3Cl)c(=O)n2[C@H]1c1ccc(SC)cc1. The molecule has 0 radical (unpaired) electrons. The number of aromatic nitrogens is 1. The van der Waals surface area contributed by atoms with Gasteiger partial charge in [-0.1, -0.05) is 94.7 Å². The first kappa shape index (κ1) is 33.1. The number of rotatable bonds is 9. The molecule has 0 amide bonds. The minimum absolute atomic E-state index is 0.172. The van der Waals surface area contributed by atoms with Crippen LogP contribution in [0.25, 0.3) is 11.8 Å². The van der Waals surface area contributed by atoms with E-state index in [1.165, 1.54) is 11.3 Å². The predicted molar refractivity (Wildman–Crippen MR) is 192 cm³/mol. The van der Waals surface area contributed by atoms with Crippen molar-refractivity contribution in [2.24, 2.45) is 4.99 Å². The molecule has 11 heteroatoms. The molecule has 5 aromatic rings. The Morgan fingerprint density at radius 1 is 0.979 bits per heavy atom. The second kappa shape index (κ2) is 14.5. The Morgan fingerprint density at radius 3 is 2.40 bits per heavy atom. The Labute approximate surface area is 294 Å². The molecule has 0 saturated heterocycles. The van der Waals surface area contributed by atoms with Crippen molar-refractivity contribution in [3.8, 4) is 5.75 Å². The molecule has 0 N–H and O–H groups in total. The number of fused-ring (bicyclic) bond motifs is 1. The average Bonchev–Trinajstić information content (AvgIpc) is 3.38. The van der Waals surface area contributed by atoms with Crippen LogP contribution in [-0.2, 0) is 16.1 Å². The van der Waals surface area contributed by atoms with Gasteiger partial charge in [0.1, 0.15) is 12.4 Å². The molecular weight excluding hydrogens is 695 g/mol. The zero-order valence-corrected chi connectivity index (χ0v) is 29.1. The molecule has 0 spiro atoms. The summed E-state index contributed by atoms with van der Waals surface area (Å²) in [5.41, 5.74) is 3.29. The molecule has 1 atom stereocenters. The predicted octanol–water partition coefficient (Wildman–Crippen LogP) is 8.20. The Balaban J connectivity index is 1.53. The lowest BCUT2D eigenvalue weighted by atomic mass is 9.93. The third-order valence-corrected chi connectivity index (χ3v) is 10.0. The van der Waals surface area contributed by atoms with Gasteiger partial charge in [0.2, 0.25) is 0 Å². The van der Waals surface area contributed by atoms with E-state index < -0.39 is 12.0 Å². The molecule has 1 aromatic heterocycles. The van der Waals surface area contributed by atoms with Crippen LogP contribution in [0.4, 0.5) is 0 Å². The van der Waals surface area contributed by atoms with E-state index in [2.05, 4.69) is 0 Å². The van der Waals surface area contributed by atoms with Gasteiger partial charge in [0.25, 0.3) is 5.56 Å². The maximum atomic E-state index is 14.3. The molecule has 0 bridgehead atoms. The van der Waals surface area contributed by atoms with E-state index in [1.54, 1.807) is 65.7 Å². The molecule has 2 heterocycles. The third kappa shape index (κ3) is 7.08. The minimum atomic E-state index is -0.777. The fourth-order valence-electron chi connectivity index (χ4n) is 5.24. The third-order valence-electron chi connectivity index (χ3n) is 7.46. The summed E-state index contributed by atoms with van der Waals surface area (Å²) in [5, 5.41) is 1.49. The van der Waals surface area contributed by atoms with Crippen LogP contribution in [-0.4, -0.2) is 23.4 Å². The fraction of sp³-hybridized carbons (Fsp3) is 0.139. The number of thiazole rings is 1. The quantitative estimate of drug-likeness (QED) is 0.113. The molecule has 0 saturated carbocycles. The maximum Gasteiger partial charge on any atom is 0.338 e. The van der Waals surface area contributed by atoms with E-state index in [1.807, 2.05) is 60.9 Å². The molecule has 0 unspecified atom stereocenters. The van der Waals surface area contributed by atoms with Gasteiger partial charge in [-0.25, -0.2) is 9.79 Å². The first-order valence-electron chi connectivity index (χ1n) is 14.6. The first-order valence-corrected chi connectivity index (χ1v) is 17.7. The van der Waals surface area contributed by atoms with Gasteiger partial charge in [0.05, 0.1) is 28.5 Å². The van der Waals surface area contributed by atoms with Crippen LogP contribution in [0.1, 0.15) is 35.2 Å². The van der Waals surface area contributed by atoms with Crippen molar-refractivity contribution < 1.29 is 14.3 Å². The van der Waals surface area contributed by atoms with Crippen molar-refractivity contribution in [2.75, 3.05) is 12.9 Å². The van der Waals surface area contributed by atoms with Gasteiger partial charge in [-0.3, -0.25) is 9.36 Å². The molecule has 0 fully saturated rings. The van der Waals surface area contributed by atoms with Gasteiger partial charge in [-0.15, -0.1) is 11.8 Å². The van der Waals surface area contributed by atoms with E-state index >= 15 is 0 Å². The van der Waals surface area contributed by atoms with Gasteiger partial charge >= 0.3 is 5.97 Å². The molecule has 47 heavy (non-hydrogen) atoms. The van der Waals surface area contributed by atoms with Crippen molar-refractivity contribution in [1.82, 2.24) is 4.57 Å². The van der Waals surface area contributed by atoms with Crippen LogP contribution in [0.15, 0.2) is 111 Å². The van der Waals surface area contributed by atoms with Crippen LogP contribution < -0.4 is 19.6 Å². The number of benzene rings is 4. The number of ether oxygens (including phenoxy) is 2. The summed E-state index contributed by atoms with van der Waals surface area (Å²) in [5.74, 6) is -0.0256. The van der Waals surface area contributed by atoms with E-state index in [-0.39, 0.29) is 18.8 Å². The summed E-state index contributed by atoms with van der Waals surface area (Å²) >= 11 is 21.7. The highest BCUT2D eigenvalue weighted by molar-refractivity contribution is 7.98. The topological polar surface area (TPSA) is 69.9 Å². The van der Waals surface area contributed by atoms with E-state index in [9.17, 15) is 9.59 Å². The highest BCUT2D eigenvalue weighted by Gasteiger charge is 2.35. The largest absolute Gasteiger partial charge is 0.488 e. The zero-order chi connectivity index (χ0) is 33.1. The minimum Gasteiger partial charge on any atom is -0.488 e. The number of thioether (sulfide) groups is 1. The molecular formula is C36H27Cl3N2O4S2. The smallest absolute Gasteiger partial charge is 0.338 e. The summed E-state index contributed by atoms with van der Waals surface area (Å²) in [4.78, 5) is 34.5. The lowest BCUT2D eigenvalue weighted by Gasteiger charge is -2.26. The van der Waals surface area contributed by atoms with Crippen LogP contribution in [0.5, 0.6) is 5.75 Å². The van der Waals surface area contributed by atoms with Crippen molar-refractivity contribution in [2.45, 2.75) is 24.5 Å². The summed E-state index contributed by atoms with van der Waals surface area (Å²) < 4.78 is 13.7. The Morgan fingerprint density at radius 2 is 1.70 bits per heavy atom. The van der Waals surface area contributed by atoms with Crippen molar-refractivity contribution in [1.29, 1.82) is 0 Å². The lowest BCUT2D eigenvalue weighted by molar-refractivity contribution is -0.138. The van der Waals surface area contributed by atoms with Crippen molar-refractivity contribution in [3.63, 3.8) is 0 Å². The van der Waals surface area contributed by atoms with Crippen molar-refractivity contribution >= 4 is 75.6 Å². The first-order chi connectivity index (χ1) is 22.8. The van der Waals surface area contributed by atoms with Gasteiger partial charge in [-0.2, -0.15) is 0 Å². The summed E-state index contributed by atoms with van der Waals surface area (Å²) in [7, 11) is 0. The Hall–Kier alpha value is -3.79.